The molecule has 0 radical (unpaired) electrons. The van der Waals surface area contributed by atoms with Crippen molar-refractivity contribution in [3.63, 3.8) is 0 Å². The Morgan fingerprint density at radius 1 is 1.31 bits per heavy atom. The molecule has 0 fully saturated rings. The number of carbonyl (C=O) groups excluding carboxylic acids is 1. The smallest absolute Gasteiger partial charge is 0.349 e. The van der Waals surface area contributed by atoms with Crippen molar-refractivity contribution in [3.05, 3.63) is 77.7 Å². The first kappa shape index (κ1) is 27.9. The molecular weight excluding hydrogens is 519 g/mol. The number of rotatable bonds is 8. The topological polar surface area (TPSA) is 83.7 Å². The number of halogens is 5. The molecule has 1 aromatic heterocycles. The minimum Gasteiger partial charge on any atom is -0.349 e. The third kappa shape index (κ3) is 6.15. The van der Waals surface area contributed by atoms with Crippen LogP contribution in [0.15, 0.2) is 59.4 Å². The monoisotopic (exact) mass is 546 g/mol. The highest BCUT2D eigenvalue weighted by molar-refractivity contribution is 6.46. The second-order valence-electron chi connectivity index (χ2n) is 9.31. The van der Waals surface area contributed by atoms with Crippen LogP contribution in [0.5, 0.6) is 0 Å². The van der Waals surface area contributed by atoms with E-state index in [0.717, 1.165) is 4.68 Å². The van der Waals surface area contributed by atoms with E-state index in [9.17, 15) is 26.7 Å². The Labute approximate surface area is 221 Å². The lowest BCUT2D eigenvalue weighted by molar-refractivity contribution is -0.141. The Balaban J connectivity index is 1.59. The molecule has 0 saturated heterocycles. The van der Waals surface area contributed by atoms with Crippen LogP contribution in [0.25, 0.3) is 5.57 Å². The van der Waals surface area contributed by atoms with Crippen molar-refractivity contribution in [2.75, 3.05) is 12.0 Å². The Bertz CT molecular complexity index is 1380. The number of alkyl halides is 4. The number of hydrogen-bond acceptors (Lipinski definition) is 5. The average molecular weight is 547 g/mol. The minimum atomic E-state index is -4.73. The molecule has 206 valence electrons. The van der Waals surface area contributed by atoms with Gasteiger partial charge in [-0.15, -0.1) is 6.58 Å². The van der Waals surface area contributed by atoms with Gasteiger partial charge in [0.2, 0.25) is 0 Å². The van der Waals surface area contributed by atoms with Gasteiger partial charge in [-0.05, 0) is 43.5 Å². The number of amides is 1. The maximum absolute atomic E-state index is 15.0. The summed E-state index contributed by atoms with van der Waals surface area (Å²) in [5, 5.41) is 9.28. The molecule has 4 rings (SSSR count). The van der Waals surface area contributed by atoms with Crippen molar-refractivity contribution >= 4 is 28.7 Å². The van der Waals surface area contributed by atoms with E-state index >= 15 is 0 Å². The molecular formula is C27H27F5N6O. The Morgan fingerprint density at radius 3 is 2.74 bits per heavy atom. The van der Waals surface area contributed by atoms with Crippen molar-refractivity contribution in [3.8, 4) is 0 Å². The van der Waals surface area contributed by atoms with Gasteiger partial charge in [0.15, 0.2) is 11.5 Å². The van der Waals surface area contributed by atoms with E-state index in [2.05, 4.69) is 32.3 Å². The predicted octanol–water partition coefficient (Wildman–Crippen LogP) is 5.85. The van der Waals surface area contributed by atoms with Crippen LogP contribution in [-0.4, -0.2) is 40.0 Å². The summed E-state index contributed by atoms with van der Waals surface area (Å²) < 4.78 is 69.7. The molecule has 1 unspecified atom stereocenters. The first-order valence-corrected chi connectivity index (χ1v) is 12.2. The fourth-order valence-electron chi connectivity index (χ4n) is 4.50. The van der Waals surface area contributed by atoms with Gasteiger partial charge in [0, 0.05) is 48.2 Å². The summed E-state index contributed by atoms with van der Waals surface area (Å²) in [6, 6.07) is 2.57. The number of aromatic nitrogens is 2. The number of hydrogen-bond donors (Lipinski definition) is 2. The largest absolute Gasteiger partial charge is 0.435 e. The summed E-state index contributed by atoms with van der Waals surface area (Å²) in [6.45, 7) is 5.88. The fourth-order valence-corrected chi connectivity index (χ4v) is 4.50. The molecule has 3 heterocycles. The lowest BCUT2D eigenvalue weighted by Gasteiger charge is -2.21. The van der Waals surface area contributed by atoms with Crippen molar-refractivity contribution in [2.24, 2.45) is 15.9 Å². The van der Waals surface area contributed by atoms with E-state index in [-0.39, 0.29) is 35.7 Å². The number of nitrogens with zero attached hydrogens (tertiary/aromatic N) is 4. The average Bonchev–Trinajstić information content (AvgIpc) is 3.21. The second-order valence-corrected chi connectivity index (χ2v) is 9.31. The highest BCUT2D eigenvalue weighted by Gasteiger charge is 2.39. The van der Waals surface area contributed by atoms with E-state index in [0.29, 0.717) is 29.2 Å². The number of fused-ring (bicyclic) bond motifs is 2. The Kier molecular flexibility index (Phi) is 8.12. The van der Waals surface area contributed by atoms with E-state index in [1.807, 2.05) is 0 Å². The molecule has 2 atom stereocenters. The molecule has 12 heteroatoms. The van der Waals surface area contributed by atoms with Crippen LogP contribution in [0.1, 0.15) is 46.9 Å². The van der Waals surface area contributed by atoms with Gasteiger partial charge in [-0.3, -0.25) is 14.5 Å². The second kappa shape index (κ2) is 11.3. The van der Waals surface area contributed by atoms with Crippen molar-refractivity contribution in [2.45, 2.75) is 45.5 Å². The minimum absolute atomic E-state index is 0.0735. The number of amidine groups is 1. The zero-order valence-corrected chi connectivity index (χ0v) is 21.3. The lowest BCUT2D eigenvalue weighted by Crippen LogP contribution is -2.33. The molecule has 0 saturated carbocycles. The summed E-state index contributed by atoms with van der Waals surface area (Å²) in [5.41, 5.74) is 0.126. The standard InChI is InChI=1S/C27H27F5N6O/c1-4-5-16(3)35-26(39)23-15(2)10-18(12-21(23)29)36-25-22-11-17(6-8-33-25)19(13-34-22)20-14-38(9-7-28)37-24(20)27(30,31)32/h4,6,8,10,12-14,16-17H,1,5,7,9,11H2,2-3H3,(H,33,36)(H,35,39)/t16-,17?/m1/s1. The quantitative estimate of drug-likeness (QED) is 0.322. The van der Waals surface area contributed by atoms with E-state index in [4.69, 9.17) is 0 Å². The van der Waals surface area contributed by atoms with Crippen molar-refractivity contribution in [1.29, 1.82) is 0 Å². The van der Waals surface area contributed by atoms with Gasteiger partial charge >= 0.3 is 6.18 Å². The van der Waals surface area contributed by atoms with Gasteiger partial charge < -0.3 is 10.6 Å². The summed E-state index contributed by atoms with van der Waals surface area (Å²) in [6.07, 6.45) is 3.29. The maximum atomic E-state index is 15.0. The zero-order chi connectivity index (χ0) is 28.3. The van der Waals surface area contributed by atoms with Gasteiger partial charge in [-0.1, -0.05) is 12.2 Å². The summed E-state index contributed by atoms with van der Waals surface area (Å²) in [4.78, 5) is 21.2. The number of allylic oxidation sites excluding steroid dienone is 2. The van der Waals surface area contributed by atoms with Crippen molar-refractivity contribution in [1.82, 2.24) is 15.1 Å². The van der Waals surface area contributed by atoms with Crippen LogP contribution >= 0.6 is 0 Å². The molecule has 1 aromatic carbocycles. The zero-order valence-electron chi connectivity index (χ0n) is 21.3. The summed E-state index contributed by atoms with van der Waals surface area (Å²) in [5.74, 6) is -1.46. The van der Waals surface area contributed by atoms with Crippen LogP contribution in [0.2, 0.25) is 0 Å². The molecule has 39 heavy (non-hydrogen) atoms. The Hall–Kier alpha value is -4.09. The lowest BCUT2D eigenvalue weighted by atomic mass is 9.87. The molecule has 2 aliphatic rings. The van der Waals surface area contributed by atoms with E-state index < -0.39 is 36.2 Å². The third-order valence-electron chi connectivity index (χ3n) is 6.30. The van der Waals surface area contributed by atoms with Gasteiger partial charge in [-0.25, -0.2) is 13.8 Å². The first-order chi connectivity index (χ1) is 18.5. The number of anilines is 1. The number of benzene rings is 1. The van der Waals surface area contributed by atoms with Crippen molar-refractivity contribution < 1.29 is 26.7 Å². The molecule has 2 bridgehead atoms. The molecule has 0 spiro atoms. The predicted molar refractivity (Wildman–Crippen MR) is 140 cm³/mol. The van der Waals surface area contributed by atoms with Gasteiger partial charge in [0.05, 0.1) is 17.8 Å². The molecule has 2 aromatic rings. The van der Waals surface area contributed by atoms with E-state index in [1.54, 1.807) is 32.1 Å². The van der Waals surface area contributed by atoms with Gasteiger partial charge in [-0.2, -0.15) is 18.3 Å². The maximum Gasteiger partial charge on any atom is 0.435 e. The number of aliphatic imine (C=N–C) groups is 2. The van der Waals surface area contributed by atoms with E-state index in [1.165, 1.54) is 24.7 Å². The highest BCUT2D eigenvalue weighted by atomic mass is 19.4. The number of nitrogens with one attached hydrogen (secondary N) is 2. The van der Waals surface area contributed by atoms with Crippen LogP contribution in [0.4, 0.5) is 27.6 Å². The first-order valence-electron chi connectivity index (χ1n) is 12.2. The Morgan fingerprint density at radius 2 is 2.08 bits per heavy atom. The summed E-state index contributed by atoms with van der Waals surface area (Å²) in [7, 11) is 0. The van der Waals surface area contributed by atoms with Crippen LogP contribution < -0.4 is 10.6 Å². The fraction of sp³-hybridized carbons (Fsp3) is 0.333. The molecule has 0 aliphatic carbocycles. The van der Waals surface area contributed by atoms with Gasteiger partial charge in [0.1, 0.15) is 12.5 Å². The number of carbonyl (C=O) groups is 1. The van der Waals surface area contributed by atoms with Crippen LogP contribution in [0, 0.1) is 18.7 Å². The molecule has 2 aliphatic heterocycles. The SMILES string of the molecule is C=CC[C@@H](C)NC(=O)c1c(C)cc(NC2=NC=CC3CC2=NC=C3c2cn(CCF)nc2C(F)(F)F)cc1F. The van der Waals surface area contributed by atoms with Gasteiger partial charge in [0.25, 0.3) is 5.91 Å². The van der Waals surface area contributed by atoms with Crippen LogP contribution in [-0.2, 0) is 12.7 Å². The normalized spacial score (nSPS) is 17.5. The molecule has 7 nitrogen and oxygen atoms in total. The third-order valence-corrected chi connectivity index (χ3v) is 6.30. The van der Waals surface area contributed by atoms with Crippen LogP contribution in [0.3, 0.4) is 0 Å². The molecule has 2 N–H and O–H groups in total. The number of aryl methyl sites for hydroxylation is 2. The highest BCUT2D eigenvalue weighted by Crippen LogP contribution is 2.39. The molecule has 1 amide bonds. The summed E-state index contributed by atoms with van der Waals surface area (Å²) >= 11 is 0.